The van der Waals surface area contributed by atoms with E-state index in [0.29, 0.717) is 44.5 Å². The van der Waals surface area contributed by atoms with E-state index >= 15 is 0 Å². The van der Waals surface area contributed by atoms with Crippen molar-refractivity contribution in [1.29, 1.82) is 0 Å². The first-order chi connectivity index (χ1) is 18.6. The van der Waals surface area contributed by atoms with E-state index in [4.69, 9.17) is 25.8 Å². The lowest BCUT2D eigenvalue weighted by molar-refractivity contribution is -0.140. The lowest BCUT2D eigenvalue weighted by Gasteiger charge is -2.45. The number of hydrogen-bond donors (Lipinski definition) is 2. The number of nitrogens with one attached hydrogen (secondary N) is 2. The lowest BCUT2D eigenvalue weighted by atomic mass is 9.69. The van der Waals surface area contributed by atoms with Gasteiger partial charge < -0.3 is 24.5 Å². The molecule has 0 spiro atoms. The molecule has 3 aliphatic rings. The molecule has 1 aliphatic carbocycles. The van der Waals surface area contributed by atoms with Crippen molar-refractivity contribution in [2.24, 2.45) is 17.3 Å². The molecule has 1 aromatic heterocycles. The van der Waals surface area contributed by atoms with Crippen molar-refractivity contribution >= 4 is 29.3 Å². The number of thioether (sulfide) groups is 1. The summed E-state index contributed by atoms with van der Waals surface area (Å²) in [4.78, 5) is 29.4. The highest BCUT2D eigenvalue weighted by molar-refractivity contribution is 7.98. The highest BCUT2D eigenvalue weighted by Gasteiger charge is 2.48. The Kier molecular flexibility index (Phi) is 8.01. The van der Waals surface area contributed by atoms with Gasteiger partial charge in [-0.2, -0.15) is 0 Å². The number of fused-ring (bicyclic) bond motifs is 1. The van der Waals surface area contributed by atoms with Crippen LogP contribution in [0, 0.1) is 31.1 Å². The van der Waals surface area contributed by atoms with E-state index in [1.54, 1.807) is 6.07 Å². The van der Waals surface area contributed by atoms with Gasteiger partial charge in [-0.05, 0) is 76.7 Å². The van der Waals surface area contributed by atoms with Gasteiger partial charge in [-0.25, -0.2) is 0 Å². The van der Waals surface area contributed by atoms with E-state index in [0.717, 1.165) is 49.5 Å². The van der Waals surface area contributed by atoms with Gasteiger partial charge >= 0.3 is 0 Å². The van der Waals surface area contributed by atoms with E-state index in [1.807, 2.05) is 33.1 Å². The maximum atomic E-state index is 13.2. The fourth-order valence-electron chi connectivity index (χ4n) is 6.41. The Bertz CT molecular complexity index is 1310. The number of ether oxygens (including phenoxy) is 3. The quantitative estimate of drug-likeness (QED) is 0.354. The molecule has 5 rings (SSSR count). The van der Waals surface area contributed by atoms with Crippen LogP contribution in [0.1, 0.15) is 79.6 Å². The fraction of sp³-hybridized carbons (Fsp3) is 0.600. The Labute approximate surface area is 239 Å². The minimum absolute atomic E-state index is 0.114. The maximum absolute atomic E-state index is 13.2. The normalized spacial score (nSPS) is 25.3. The average Bonchev–Trinajstić information content (AvgIpc) is 3.27. The van der Waals surface area contributed by atoms with E-state index in [9.17, 15) is 9.59 Å². The van der Waals surface area contributed by atoms with Gasteiger partial charge in [0.25, 0.3) is 17.3 Å². The number of aromatic amines is 1. The number of amides is 1. The maximum Gasteiger partial charge on any atom is 0.254 e. The molecule has 212 valence electrons. The number of aromatic nitrogens is 1. The molecule has 1 aromatic carbocycles. The standard InChI is InChI=1S/C30H39ClN2O5S/c1-6-30(15-36-16-30)13-19-7-9-20(10-8-19)29(4)37-25-18(3)21(12-23(31)26(25)38-29)27(34)32-14-22-24(39-5)11-17(2)33-28(22)35/h11-12,19-20H,6-10,13-16H2,1-5H3,(H,32,34)(H,33,35). The van der Waals surface area contributed by atoms with E-state index in [2.05, 4.69) is 17.2 Å². The molecule has 0 radical (unpaired) electrons. The van der Waals surface area contributed by atoms with Crippen LogP contribution in [0.15, 0.2) is 21.8 Å². The number of carbonyl (C=O) groups excluding carboxylic acids is 1. The molecule has 1 saturated carbocycles. The van der Waals surface area contributed by atoms with Crippen LogP contribution >= 0.6 is 23.4 Å². The number of aryl methyl sites for hydroxylation is 1. The Hall–Kier alpha value is -2.16. The Morgan fingerprint density at radius 1 is 1.15 bits per heavy atom. The van der Waals surface area contributed by atoms with Crippen LogP contribution in [-0.4, -0.2) is 36.1 Å². The molecule has 7 nitrogen and oxygen atoms in total. The summed E-state index contributed by atoms with van der Waals surface area (Å²) in [5.74, 6) is 0.860. The smallest absolute Gasteiger partial charge is 0.254 e. The number of rotatable bonds is 8. The van der Waals surface area contributed by atoms with E-state index in [1.165, 1.54) is 24.6 Å². The third-order valence-electron chi connectivity index (χ3n) is 9.04. The number of halogens is 1. The second kappa shape index (κ2) is 11.0. The summed E-state index contributed by atoms with van der Waals surface area (Å²) < 4.78 is 18.4. The topological polar surface area (TPSA) is 89.7 Å². The summed E-state index contributed by atoms with van der Waals surface area (Å²) >= 11 is 8.12. The first-order valence-corrected chi connectivity index (χ1v) is 15.5. The monoisotopic (exact) mass is 574 g/mol. The molecule has 2 aliphatic heterocycles. The minimum atomic E-state index is -0.818. The van der Waals surface area contributed by atoms with Crippen LogP contribution in [0.3, 0.4) is 0 Å². The van der Waals surface area contributed by atoms with Crippen LogP contribution in [0.5, 0.6) is 11.5 Å². The second-order valence-corrected chi connectivity index (χ2v) is 12.9. The Morgan fingerprint density at radius 2 is 1.85 bits per heavy atom. The third kappa shape index (κ3) is 5.44. The van der Waals surface area contributed by atoms with Crippen molar-refractivity contribution in [2.45, 2.75) is 83.4 Å². The summed E-state index contributed by atoms with van der Waals surface area (Å²) in [6, 6.07) is 3.55. The molecular weight excluding hydrogens is 536 g/mol. The van der Waals surface area contributed by atoms with Crippen molar-refractivity contribution in [3.8, 4) is 11.5 Å². The van der Waals surface area contributed by atoms with Gasteiger partial charge in [0, 0.05) is 52.1 Å². The van der Waals surface area contributed by atoms with Crippen LogP contribution in [-0.2, 0) is 11.3 Å². The number of carbonyl (C=O) groups is 1. The zero-order valence-corrected chi connectivity index (χ0v) is 25.1. The molecule has 1 amide bonds. The number of H-pyrrole nitrogens is 1. The first-order valence-electron chi connectivity index (χ1n) is 13.9. The van der Waals surface area contributed by atoms with E-state index in [-0.39, 0.29) is 23.9 Å². The van der Waals surface area contributed by atoms with E-state index < -0.39 is 5.79 Å². The highest BCUT2D eigenvalue weighted by atomic mass is 35.5. The second-order valence-electron chi connectivity index (χ2n) is 11.7. The van der Waals surface area contributed by atoms with Crippen molar-refractivity contribution < 1.29 is 19.0 Å². The molecule has 3 heterocycles. The summed E-state index contributed by atoms with van der Waals surface area (Å²) in [5.41, 5.74) is 2.59. The molecule has 9 heteroatoms. The largest absolute Gasteiger partial charge is 0.448 e. The number of hydrogen-bond acceptors (Lipinski definition) is 6. The van der Waals surface area contributed by atoms with Gasteiger partial charge in [0.2, 0.25) is 0 Å². The van der Waals surface area contributed by atoms with Gasteiger partial charge in [-0.15, -0.1) is 11.8 Å². The summed E-state index contributed by atoms with van der Waals surface area (Å²) in [6.45, 7) is 9.88. The zero-order valence-electron chi connectivity index (χ0n) is 23.5. The van der Waals surface area contributed by atoms with Gasteiger partial charge in [0.1, 0.15) is 0 Å². The molecule has 1 atom stereocenters. The predicted molar refractivity (Wildman–Crippen MR) is 154 cm³/mol. The van der Waals surface area contributed by atoms with Crippen molar-refractivity contribution in [3.05, 3.63) is 49.9 Å². The molecule has 1 saturated heterocycles. The number of pyridine rings is 1. The van der Waals surface area contributed by atoms with Crippen LogP contribution in [0.2, 0.25) is 5.02 Å². The molecule has 2 N–H and O–H groups in total. The summed E-state index contributed by atoms with van der Waals surface area (Å²) in [6.07, 6.45) is 8.70. The number of benzene rings is 1. The highest BCUT2D eigenvalue weighted by Crippen LogP contribution is 2.53. The van der Waals surface area contributed by atoms with Crippen LogP contribution < -0.4 is 20.3 Å². The summed E-state index contributed by atoms with van der Waals surface area (Å²) in [7, 11) is 0. The SMILES string of the molecule is CCC1(CC2CCC(C3(C)Oc4c(Cl)cc(C(=O)NCc5c(SC)cc(C)[nH]c5=O)c(C)c4O3)CC2)COC1. The predicted octanol–water partition coefficient (Wildman–Crippen LogP) is 6.41. The molecule has 2 aromatic rings. The molecular formula is C30H39ClN2O5S. The summed E-state index contributed by atoms with van der Waals surface area (Å²) in [5, 5.41) is 3.25. The molecule has 2 fully saturated rings. The molecule has 0 bridgehead atoms. The van der Waals surface area contributed by atoms with Crippen molar-refractivity contribution in [1.82, 2.24) is 10.3 Å². The van der Waals surface area contributed by atoms with Gasteiger partial charge in [0.15, 0.2) is 11.5 Å². The van der Waals surface area contributed by atoms with Gasteiger partial charge in [-0.3, -0.25) is 9.59 Å². The first kappa shape index (κ1) is 28.4. The van der Waals surface area contributed by atoms with Gasteiger partial charge in [-0.1, -0.05) is 18.5 Å². The third-order valence-corrected chi connectivity index (χ3v) is 10.1. The Morgan fingerprint density at radius 3 is 2.46 bits per heavy atom. The van der Waals surface area contributed by atoms with Crippen LogP contribution in [0.4, 0.5) is 0 Å². The van der Waals surface area contributed by atoms with Crippen molar-refractivity contribution in [2.75, 3.05) is 19.5 Å². The van der Waals surface area contributed by atoms with Crippen LogP contribution in [0.25, 0.3) is 0 Å². The van der Waals surface area contributed by atoms with Crippen molar-refractivity contribution in [3.63, 3.8) is 0 Å². The molecule has 1 unspecified atom stereocenters. The van der Waals surface area contributed by atoms with Gasteiger partial charge in [0.05, 0.1) is 18.2 Å². The fourth-order valence-corrected chi connectivity index (χ4v) is 7.35. The molecule has 39 heavy (non-hydrogen) atoms. The average molecular weight is 575 g/mol. The Balaban J connectivity index is 1.27. The zero-order chi connectivity index (χ0) is 27.9. The lowest BCUT2D eigenvalue weighted by Crippen LogP contribution is -2.46. The minimum Gasteiger partial charge on any atom is -0.448 e.